The molecule has 0 amide bonds. The zero-order valence-electron chi connectivity index (χ0n) is 12.2. The summed E-state index contributed by atoms with van der Waals surface area (Å²) in [5.74, 6) is 0. The molecule has 0 unspecified atom stereocenters. The first-order valence-electron chi connectivity index (χ1n) is 6.09. The fourth-order valence-electron chi connectivity index (χ4n) is 1.85. The van der Waals surface area contributed by atoms with Gasteiger partial charge < -0.3 is 0 Å². The van der Waals surface area contributed by atoms with Crippen molar-refractivity contribution >= 4 is 429 Å². The van der Waals surface area contributed by atoms with Gasteiger partial charge in [-0.2, -0.15) is 0 Å². The maximum absolute atomic E-state index is 2.77. The summed E-state index contributed by atoms with van der Waals surface area (Å²) in [7, 11) is 0. The second-order valence-electron chi connectivity index (χ2n) is 5.48. The summed E-state index contributed by atoms with van der Waals surface area (Å²) in [4.78, 5) is 0. The van der Waals surface area contributed by atoms with E-state index in [0.29, 0.717) is 0 Å². The highest BCUT2D eigenvalue weighted by atomic mass is 127. The van der Waals surface area contributed by atoms with E-state index in [9.17, 15) is 0 Å². The first kappa shape index (κ1) is 40.9. The molecule has 0 aromatic carbocycles. The molecule has 29 heavy (non-hydrogen) atoms. The van der Waals surface area contributed by atoms with Gasteiger partial charge in [-0.3, -0.25) is 0 Å². The first-order valence-corrected chi connectivity index (χ1v) is 26.6. The van der Waals surface area contributed by atoms with Crippen molar-refractivity contribution in [2.45, 2.75) is 12.9 Å². The third-order valence-corrected chi connectivity index (χ3v) is 70.5. The summed E-state index contributed by atoms with van der Waals surface area (Å²) in [6.07, 6.45) is 0. The van der Waals surface area contributed by atoms with Gasteiger partial charge in [0, 0.05) is 0 Å². The van der Waals surface area contributed by atoms with Crippen LogP contribution < -0.4 is 0 Å². The van der Waals surface area contributed by atoms with E-state index in [-0.39, 0.29) is 12.9 Å². The molecule has 1 saturated carbocycles. The molecule has 173 valence electrons. The Hall–Kier alpha value is 13.9. The Morgan fingerprint density at radius 2 is 0.414 bits per heavy atom. The molecule has 0 bridgehead atoms. The van der Waals surface area contributed by atoms with Crippen molar-refractivity contribution in [3.05, 3.63) is 3.92 Å². The van der Waals surface area contributed by atoms with Crippen LogP contribution in [0.4, 0.5) is 0 Å². The molecule has 0 atom stereocenters. The molecule has 1 fully saturated rings. The minimum absolute atomic E-state index is 0.0518. The van der Waals surface area contributed by atoms with E-state index in [1.54, 1.807) is 0 Å². The van der Waals surface area contributed by atoms with E-state index in [1.807, 2.05) is 0 Å². The first-order chi connectivity index (χ1) is 12.2. The van der Waals surface area contributed by atoms with Crippen LogP contribution in [0.15, 0.2) is 0 Å². The van der Waals surface area contributed by atoms with Crippen LogP contribution in [0.25, 0.3) is 0 Å². The summed E-state index contributed by atoms with van der Waals surface area (Å²) >= 11 is 52.2. The van der Waals surface area contributed by atoms with Gasteiger partial charge in [0.15, 0.2) is 0 Å². The maximum atomic E-state index is 2.77. The summed E-state index contributed by atoms with van der Waals surface area (Å²) in [6.45, 7) is 0. The lowest BCUT2D eigenvalue weighted by Crippen LogP contribution is -2.72. The van der Waals surface area contributed by atoms with Crippen LogP contribution in [-0.4, -0.2) is 12.9 Å². The Labute approximate surface area is 431 Å². The molecular weight excluding hydrogens is 2530 g/mol. The Balaban J connectivity index is 4.23. The van der Waals surface area contributed by atoms with Gasteiger partial charge in [-0.05, 0) is 0 Å². The van der Waals surface area contributed by atoms with Crippen molar-refractivity contribution < 1.29 is 0 Å². The molecule has 1 radical (unpaired) electrons. The van der Waals surface area contributed by atoms with Crippen molar-refractivity contribution in [3.63, 3.8) is 0 Å². The normalized spacial score (nSPS) is 33.6. The fraction of sp³-hybridized carbons (Fsp3) is 0.900. The van der Waals surface area contributed by atoms with Crippen LogP contribution in [-0.2, 0) is 0 Å². The van der Waals surface area contributed by atoms with Gasteiger partial charge in [0.2, 0.25) is 0 Å². The van der Waals surface area contributed by atoms with Crippen LogP contribution in [0.1, 0.15) is 0 Å². The molecule has 1 rings (SSSR count). The van der Waals surface area contributed by atoms with Crippen LogP contribution >= 0.6 is 429 Å². The lowest BCUT2D eigenvalue weighted by molar-refractivity contribution is 0.622. The van der Waals surface area contributed by atoms with E-state index in [2.05, 4.69) is 429 Å². The third-order valence-electron chi connectivity index (χ3n) is 3.71. The van der Waals surface area contributed by atoms with Gasteiger partial charge in [-0.1, -0.05) is 429 Å². The fourth-order valence-corrected chi connectivity index (χ4v) is 35.3. The lowest BCUT2D eigenvalue weighted by Gasteiger charge is -2.63. The van der Waals surface area contributed by atoms with Crippen LogP contribution in [0, 0.1) is 3.92 Å². The second-order valence-corrected chi connectivity index (χ2v) is 54.3. The molecule has 0 spiro atoms. The zero-order chi connectivity index (χ0) is 24.1. The molecule has 0 aliphatic heterocycles. The van der Waals surface area contributed by atoms with E-state index in [1.165, 1.54) is 3.92 Å². The number of halogens is 19. The number of hydrogen-bond donors (Lipinski definition) is 0. The summed E-state index contributed by atoms with van der Waals surface area (Å²) in [6, 6.07) is 0. The molecule has 0 heterocycles. The quantitative estimate of drug-likeness (QED) is 0.168. The Morgan fingerprint density at radius 3 is 0.586 bits per heavy atom. The molecule has 0 nitrogen and oxygen atoms in total. The minimum Gasteiger partial charge on any atom is -0.0724 e. The molecule has 19 heteroatoms. The molecule has 0 N–H and O–H groups in total. The van der Waals surface area contributed by atoms with Crippen molar-refractivity contribution in [2.75, 3.05) is 0 Å². The maximum Gasteiger partial charge on any atom is 0.125 e. The number of hydrogen-bond acceptors (Lipinski definition) is 0. The minimum atomic E-state index is -0.0680. The summed E-state index contributed by atoms with van der Waals surface area (Å²) in [5.41, 5.74) is 0. The standard InChI is InChI=1S/C10I19/c11-1-2(12,13)4(16,17)6(20,21)8(24,25)10(28,29)9(26,27)7(22,23)5(18,19)3(1,14)15. The predicted octanol–water partition coefficient (Wildman–Crippen LogP) is 15.1. The highest BCUT2D eigenvalue weighted by Crippen LogP contribution is 2.84. The van der Waals surface area contributed by atoms with E-state index in [0.717, 1.165) is 0 Å². The monoisotopic (exact) mass is 2530 g/mol. The zero-order valence-corrected chi connectivity index (χ0v) is 53.2. The van der Waals surface area contributed by atoms with E-state index >= 15 is 0 Å². The topological polar surface area (TPSA) is 0 Å². The Bertz CT molecular complexity index is 602. The summed E-state index contributed by atoms with van der Waals surface area (Å²) < 4.78 is 0.990. The van der Waals surface area contributed by atoms with Gasteiger partial charge in [0.25, 0.3) is 0 Å². The predicted molar refractivity (Wildman–Crippen MR) is 294 cm³/mol. The van der Waals surface area contributed by atoms with E-state index < -0.39 is 0 Å². The van der Waals surface area contributed by atoms with Gasteiger partial charge >= 0.3 is 0 Å². The number of alkyl halides is 18. The van der Waals surface area contributed by atoms with Gasteiger partial charge in [-0.25, -0.2) is 0 Å². The smallest absolute Gasteiger partial charge is 0.0724 e. The van der Waals surface area contributed by atoms with Crippen molar-refractivity contribution in [1.82, 2.24) is 0 Å². The van der Waals surface area contributed by atoms with Crippen LogP contribution in [0.2, 0.25) is 0 Å². The molecule has 0 saturated heterocycles. The van der Waals surface area contributed by atoms with Crippen molar-refractivity contribution in [1.29, 1.82) is 0 Å². The molecule has 0 aromatic heterocycles. The van der Waals surface area contributed by atoms with Crippen LogP contribution in [0.5, 0.6) is 0 Å². The molecular formula is C10I19. The molecule has 1 aliphatic carbocycles. The van der Waals surface area contributed by atoms with Crippen LogP contribution in [0.3, 0.4) is 0 Å². The number of rotatable bonds is 0. The SMILES string of the molecule is I[C]1C(I)(I)C(I)(I)C(I)(I)C(I)(I)C(I)(I)C(I)(I)C(I)(I)C(I)(I)C1(I)I. The van der Waals surface area contributed by atoms with Crippen molar-refractivity contribution in [2.24, 2.45) is 0 Å². The molecule has 1 aliphatic rings. The largest absolute Gasteiger partial charge is 0.125 e. The Kier molecular flexibility index (Phi) is 19.6. The van der Waals surface area contributed by atoms with Gasteiger partial charge in [0.05, 0.1) is 3.92 Å². The van der Waals surface area contributed by atoms with E-state index in [4.69, 9.17) is 0 Å². The summed E-state index contributed by atoms with van der Waals surface area (Å²) in [5, 5.41) is 0. The highest BCUT2D eigenvalue weighted by Gasteiger charge is 2.81. The highest BCUT2D eigenvalue weighted by molar-refractivity contribution is 14.2. The van der Waals surface area contributed by atoms with Gasteiger partial charge in [-0.15, -0.1) is 0 Å². The third kappa shape index (κ3) is 6.95. The lowest BCUT2D eigenvalue weighted by atomic mass is 10.00. The second kappa shape index (κ2) is 13.9. The van der Waals surface area contributed by atoms with Gasteiger partial charge in [0.1, 0.15) is 12.9 Å². The average Bonchev–Trinajstić information content (AvgIpc) is 2.51. The molecule has 0 aromatic rings. The van der Waals surface area contributed by atoms with Crippen molar-refractivity contribution in [3.8, 4) is 0 Å². The Morgan fingerprint density at radius 1 is 0.276 bits per heavy atom. The average molecular weight is 2530 g/mol.